The van der Waals surface area contributed by atoms with Gasteiger partial charge >= 0.3 is 0 Å². The summed E-state index contributed by atoms with van der Waals surface area (Å²) in [6, 6.07) is 0. The Kier molecular flexibility index (Phi) is 1.46. The maximum atomic E-state index is 5.69. The molecule has 1 aliphatic carbocycles. The Balaban J connectivity index is 2.04. The van der Waals surface area contributed by atoms with Crippen molar-refractivity contribution in [2.24, 2.45) is 11.7 Å². The minimum atomic E-state index is 0.125. The van der Waals surface area contributed by atoms with Gasteiger partial charge in [0, 0.05) is 13.2 Å². The summed E-state index contributed by atoms with van der Waals surface area (Å²) in [6.07, 6.45) is 5.11. The maximum absolute atomic E-state index is 5.69. The van der Waals surface area contributed by atoms with Crippen LogP contribution in [0, 0.1) is 5.92 Å². The van der Waals surface area contributed by atoms with Gasteiger partial charge in [0.2, 0.25) is 0 Å². The number of ether oxygens (including phenoxy) is 1. The Morgan fingerprint density at radius 3 is 2.70 bits per heavy atom. The van der Waals surface area contributed by atoms with Crippen molar-refractivity contribution in [3.8, 4) is 0 Å². The van der Waals surface area contributed by atoms with E-state index >= 15 is 0 Å². The standard InChI is InChI=1S/C8H15NO/c9-6-8(7-2-3-7)4-1-5-10-8/h7H,1-6,9H2. The lowest BCUT2D eigenvalue weighted by atomic mass is 9.94. The molecule has 1 heterocycles. The highest BCUT2D eigenvalue weighted by molar-refractivity contribution is 4.99. The van der Waals surface area contributed by atoms with Crippen LogP contribution >= 0.6 is 0 Å². The number of hydrogen-bond donors (Lipinski definition) is 1. The summed E-state index contributed by atoms with van der Waals surface area (Å²) >= 11 is 0. The molecule has 2 N–H and O–H groups in total. The van der Waals surface area contributed by atoms with Crippen LogP contribution in [0.3, 0.4) is 0 Å². The third-order valence-corrected chi connectivity index (χ3v) is 2.80. The van der Waals surface area contributed by atoms with Crippen molar-refractivity contribution in [3.63, 3.8) is 0 Å². The van der Waals surface area contributed by atoms with Crippen LogP contribution in [0.5, 0.6) is 0 Å². The van der Waals surface area contributed by atoms with Crippen molar-refractivity contribution in [3.05, 3.63) is 0 Å². The molecule has 2 rings (SSSR count). The monoisotopic (exact) mass is 141 g/mol. The zero-order chi connectivity index (χ0) is 7.03. The Morgan fingerprint density at radius 2 is 2.30 bits per heavy atom. The average Bonchev–Trinajstić information content (AvgIpc) is 2.71. The molecule has 0 amide bonds. The van der Waals surface area contributed by atoms with E-state index in [-0.39, 0.29) is 5.60 Å². The molecule has 58 valence electrons. The molecule has 0 aromatic carbocycles. The second kappa shape index (κ2) is 2.21. The fourth-order valence-corrected chi connectivity index (χ4v) is 1.98. The summed E-state index contributed by atoms with van der Waals surface area (Å²) in [6.45, 7) is 1.67. The lowest BCUT2D eigenvalue weighted by molar-refractivity contribution is -0.00669. The molecule has 0 aromatic heterocycles. The van der Waals surface area contributed by atoms with Crippen molar-refractivity contribution in [1.82, 2.24) is 0 Å². The SMILES string of the molecule is NCC1(C2CC2)CCCO1. The Bertz CT molecular complexity index is 125. The highest BCUT2D eigenvalue weighted by Gasteiger charge is 2.47. The molecular weight excluding hydrogens is 126 g/mol. The van der Waals surface area contributed by atoms with Gasteiger partial charge in [-0.2, -0.15) is 0 Å². The van der Waals surface area contributed by atoms with E-state index in [1.54, 1.807) is 0 Å². The van der Waals surface area contributed by atoms with Gasteiger partial charge in [0.15, 0.2) is 0 Å². The zero-order valence-electron chi connectivity index (χ0n) is 6.31. The molecule has 1 unspecified atom stereocenters. The number of hydrogen-bond acceptors (Lipinski definition) is 2. The van der Waals surface area contributed by atoms with Crippen molar-refractivity contribution in [2.45, 2.75) is 31.3 Å². The van der Waals surface area contributed by atoms with Crippen LogP contribution in [-0.2, 0) is 4.74 Å². The summed E-state index contributed by atoms with van der Waals surface area (Å²) in [7, 11) is 0. The van der Waals surface area contributed by atoms with Crippen LogP contribution in [0.25, 0.3) is 0 Å². The summed E-state index contributed by atoms with van der Waals surface area (Å²) < 4.78 is 5.69. The molecule has 1 saturated carbocycles. The molecular formula is C8H15NO. The Morgan fingerprint density at radius 1 is 1.50 bits per heavy atom. The first kappa shape index (κ1) is 6.62. The molecule has 1 atom stereocenters. The van der Waals surface area contributed by atoms with Gasteiger partial charge < -0.3 is 10.5 Å². The third kappa shape index (κ3) is 0.867. The van der Waals surface area contributed by atoms with E-state index in [9.17, 15) is 0 Å². The van der Waals surface area contributed by atoms with E-state index in [4.69, 9.17) is 10.5 Å². The first-order valence-corrected chi connectivity index (χ1v) is 4.21. The molecule has 0 bridgehead atoms. The van der Waals surface area contributed by atoms with Crippen LogP contribution in [-0.4, -0.2) is 18.8 Å². The average molecular weight is 141 g/mol. The van der Waals surface area contributed by atoms with Gasteiger partial charge in [0.1, 0.15) is 0 Å². The Labute approximate surface area is 61.7 Å². The summed E-state index contributed by atoms with van der Waals surface area (Å²) in [5.74, 6) is 0.806. The smallest absolute Gasteiger partial charge is 0.0832 e. The van der Waals surface area contributed by atoms with Crippen molar-refractivity contribution in [2.75, 3.05) is 13.2 Å². The molecule has 0 spiro atoms. The topological polar surface area (TPSA) is 35.2 Å². The fourth-order valence-electron chi connectivity index (χ4n) is 1.98. The van der Waals surface area contributed by atoms with Gasteiger partial charge in [-0.15, -0.1) is 0 Å². The van der Waals surface area contributed by atoms with Crippen LogP contribution in [0.15, 0.2) is 0 Å². The van der Waals surface area contributed by atoms with E-state index < -0.39 is 0 Å². The van der Waals surface area contributed by atoms with Crippen LogP contribution in [0.4, 0.5) is 0 Å². The van der Waals surface area contributed by atoms with Gasteiger partial charge in [-0.1, -0.05) is 0 Å². The highest BCUT2D eigenvalue weighted by atomic mass is 16.5. The van der Waals surface area contributed by atoms with E-state index in [1.807, 2.05) is 0 Å². The van der Waals surface area contributed by atoms with E-state index in [1.165, 1.54) is 25.7 Å². The largest absolute Gasteiger partial charge is 0.373 e. The van der Waals surface area contributed by atoms with Crippen LogP contribution in [0.2, 0.25) is 0 Å². The summed E-state index contributed by atoms with van der Waals surface area (Å²) in [4.78, 5) is 0. The molecule has 10 heavy (non-hydrogen) atoms. The summed E-state index contributed by atoms with van der Waals surface area (Å²) in [5.41, 5.74) is 5.81. The molecule has 0 aromatic rings. The minimum Gasteiger partial charge on any atom is -0.373 e. The van der Waals surface area contributed by atoms with E-state index in [0.29, 0.717) is 0 Å². The van der Waals surface area contributed by atoms with Gasteiger partial charge in [0.05, 0.1) is 5.60 Å². The van der Waals surface area contributed by atoms with Crippen molar-refractivity contribution >= 4 is 0 Å². The number of nitrogens with two attached hydrogens (primary N) is 1. The minimum absolute atomic E-state index is 0.125. The fraction of sp³-hybridized carbons (Fsp3) is 1.00. The van der Waals surface area contributed by atoms with Crippen LogP contribution < -0.4 is 5.73 Å². The van der Waals surface area contributed by atoms with Gasteiger partial charge in [-0.25, -0.2) is 0 Å². The molecule has 1 aliphatic heterocycles. The normalized spacial score (nSPS) is 40.5. The lowest BCUT2D eigenvalue weighted by Gasteiger charge is -2.26. The summed E-state index contributed by atoms with van der Waals surface area (Å²) in [5, 5.41) is 0. The lowest BCUT2D eigenvalue weighted by Crippen LogP contribution is -2.39. The number of rotatable bonds is 2. The van der Waals surface area contributed by atoms with Crippen LogP contribution in [0.1, 0.15) is 25.7 Å². The molecule has 2 nitrogen and oxygen atoms in total. The second-order valence-electron chi connectivity index (χ2n) is 3.50. The third-order valence-electron chi connectivity index (χ3n) is 2.80. The predicted octanol–water partition coefficient (Wildman–Crippen LogP) is 0.904. The van der Waals surface area contributed by atoms with E-state index in [2.05, 4.69) is 0 Å². The molecule has 2 heteroatoms. The van der Waals surface area contributed by atoms with Gasteiger partial charge in [0.25, 0.3) is 0 Å². The van der Waals surface area contributed by atoms with E-state index in [0.717, 1.165) is 19.1 Å². The first-order chi connectivity index (χ1) is 4.87. The molecule has 1 saturated heterocycles. The van der Waals surface area contributed by atoms with Crippen molar-refractivity contribution in [1.29, 1.82) is 0 Å². The zero-order valence-corrected chi connectivity index (χ0v) is 6.31. The second-order valence-corrected chi connectivity index (χ2v) is 3.50. The first-order valence-electron chi connectivity index (χ1n) is 4.21. The maximum Gasteiger partial charge on any atom is 0.0832 e. The molecule has 2 fully saturated rings. The predicted molar refractivity (Wildman–Crippen MR) is 39.7 cm³/mol. The van der Waals surface area contributed by atoms with Gasteiger partial charge in [-0.3, -0.25) is 0 Å². The Hall–Kier alpha value is -0.0800. The van der Waals surface area contributed by atoms with Gasteiger partial charge in [-0.05, 0) is 31.6 Å². The quantitative estimate of drug-likeness (QED) is 0.620. The highest BCUT2D eigenvalue weighted by Crippen LogP contribution is 2.46. The molecule has 2 aliphatic rings. The van der Waals surface area contributed by atoms with Crippen molar-refractivity contribution < 1.29 is 4.74 Å². The molecule has 0 radical (unpaired) electrons.